The van der Waals surface area contributed by atoms with Crippen LogP contribution in [-0.2, 0) is 4.57 Å². The van der Waals surface area contributed by atoms with Crippen molar-refractivity contribution in [1.29, 1.82) is 0 Å². The topological polar surface area (TPSA) is 57.5 Å². The minimum absolute atomic E-state index is 0.00316. The summed E-state index contributed by atoms with van der Waals surface area (Å²) >= 11 is 0. The predicted molar refractivity (Wildman–Crippen MR) is 57.0 cm³/mol. The van der Waals surface area contributed by atoms with E-state index in [0.717, 1.165) is 5.56 Å². The second-order valence-electron chi connectivity index (χ2n) is 3.09. The van der Waals surface area contributed by atoms with Crippen LogP contribution in [0.3, 0.4) is 0 Å². The second kappa shape index (κ2) is 4.71. The van der Waals surface area contributed by atoms with E-state index in [1.165, 1.54) is 12.1 Å². The molecule has 0 heterocycles. The smallest absolute Gasteiger partial charge is 0.322 e. The molecule has 0 radical (unpaired) electrons. The summed E-state index contributed by atoms with van der Waals surface area (Å²) in [6.07, 6.45) is 3.64. The molecular weight excluding hydrogens is 218 g/mol. The lowest BCUT2D eigenvalue weighted by molar-refractivity contribution is 0.303. The first-order valence-electron chi connectivity index (χ1n) is 4.37. The zero-order chi connectivity index (χ0) is 11.5. The summed E-state index contributed by atoms with van der Waals surface area (Å²) in [5.74, 6) is -2.24. The fraction of sp³-hybridized carbons (Fsp3) is 0.200. The van der Waals surface area contributed by atoms with Crippen LogP contribution in [0.4, 0.5) is 4.39 Å². The van der Waals surface area contributed by atoms with Crippen LogP contribution in [0.25, 0.3) is 6.08 Å². The Morgan fingerprint density at radius 1 is 1.33 bits per heavy atom. The van der Waals surface area contributed by atoms with Crippen molar-refractivity contribution in [2.45, 2.75) is 12.8 Å². The van der Waals surface area contributed by atoms with Crippen molar-refractivity contribution >= 4 is 13.7 Å². The molecule has 1 unspecified atom stereocenters. The number of hydrogen-bond donors (Lipinski definition) is 2. The van der Waals surface area contributed by atoms with Crippen LogP contribution < -0.4 is 0 Å². The van der Waals surface area contributed by atoms with Gasteiger partial charge in [0.2, 0.25) is 5.91 Å². The molecule has 1 aromatic rings. The zero-order valence-corrected chi connectivity index (χ0v) is 9.06. The van der Waals surface area contributed by atoms with E-state index in [1.54, 1.807) is 12.1 Å². The van der Waals surface area contributed by atoms with E-state index < -0.39 is 13.5 Å². The molecule has 0 bridgehead atoms. The molecule has 2 N–H and O–H groups in total. The molecule has 82 valence electrons. The summed E-state index contributed by atoms with van der Waals surface area (Å²) in [5.41, 5.74) is 0.857. The molecule has 0 saturated heterocycles. The largest absolute Gasteiger partial charge is 0.363 e. The Hall–Kier alpha value is -0.960. The average molecular weight is 230 g/mol. The van der Waals surface area contributed by atoms with Crippen molar-refractivity contribution < 1.29 is 18.7 Å². The molecule has 1 aromatic carbocycles. The molecule has 0 spiro atoms. The van der Waals surface area contributed by atoms with Crippen LogP contribution in [0.5, 0.6) is 0 Å². The molecule has 0 aromatic heterocycles. The van der Waals surface area contributed by atoms with E-state index in [2.05, 4.69) is 0 Å². The normalized spacial score (nSPS) is 14.4. The van der Waals surface area contributed by atoms with Gasteiger partial charge in [0.25, 0.3) is 0 Å². The highest BCUT2D eigenvalue weighted by molar-refractivity contribution is 7.51. The maximum Gasteiger partial charge on any atom is 0.363 e. The standard InChI is InChI=1S/C10H12FO3P/c1-2-3-8-4-6-9(7-5-8)10(11)15(12,13)14/h2-7,10H,1H3,(H2,12,13,14)/b3-2+. The van der Waals surface area contributed by atoms with Gasteiger partial charge in [0, 0.05) is 0 Å². The Morgan fingerprint density at radius 3 is 2.27 bits per heavy atom. The molecule has 0 fully saturated rings. The maximum absolute atomic E-state index is 13.2. The Labute approximate surface area is 87.4 Å². The molecule has 1 atom stereocenters. The highest BCUT2D eigenvalue weighted by Crippen LogP contribution is 2.52. The van der Waals surface area contributed by atoms with Crippen LogP contribution in [0.2, 0.25) is 0 Å². The van der Waals surface area contributed by atoms with E-state index in [4.69, 9.17) is 9.79 Å². The highest BCUT2D eigenvalue weighted by atomic mass is 31.2. The molecule has 1 rings (SSSR count). The van der Waals surface area contributed by atoms with Gasteiger partial charge in [-0.25, -0.2) is 4.39 Å². The third-order valence-electron chi connectivity index (χ3n) is 1.87. The quantitative estimate of drug-likeness (QED) is 0.785. The molecule has 0 aliphatic heterocycles. The van der Waals surface area contributed by atoms with Gasteiger partial charge in [-0.05, 0) is 18.1 Å². The van der Waals surface area contributed by atoms with Crippen LogP contribution in [0.1, 0.15) is 24.0 Å². The van der Waals surface area contributed by atoms with E-state index in [-0.39, 0.29) is 5.56 Å². The number of halogens is 1. The molecule has 0 amide bonds. The van der Waals surface area contributed by atoms with Crippen molar-refractivity contribution in [3.63, 3.8) is 0 Å². The number of hydrogen-bond acceptors (Lipinski definition) is 1. The van der Waals surface area contributed by atoms with Gasteiger partial charge in [-0.15, -0.1) is 0 Å². The molecule has 15 heavy (non-hydrogen) atoms. The van der Waals surface area contributed by atoms with Gasteiger partial charge in [-0.1, -0.05) is 36.4 Å². The van der Waals surface area contributed by atoms with Crippen molar-refractivity contribution in [3.8, 4) is 0 Å². The predicted octanol–water partition coefficient (Wildman–Crippen LogP) is 2.87. The molecular formula is C10H12FO3P. The lowest BCUT2D eigenvalue weighted by Gasteiger charge is -2.10. The first-order valence-corrected chi connectivity index (χ1v) is 6.05. The molecule has 5 heteroatoms. The third kappa shape index (κ3) is 3.27. The summed E-state index contributed by atoms with van der Waals surface area (Å²) in [6.45, 7) is 1.85. The van der Waals surface area contributed by atoms with Gasteiger partial charge in [-0.3, -0.25) is 4.57 Å². The van der Waals surface area contributed by atoms with Crippen molar-refractivity contribution in [2.75, 3.05) is 0 Å². The van der Waals surface area contributed by atoms with Gasteiger partial charge in [-0.2, -0.15) is 0 Å². The van der Waals surface area contributed by atoms with Gasteiger partial charge in [0.1, 0.15) is 0 Å². The Balaban J connectivity index is 2.94. The number of alkyl halides is 1. The number of rotatable bonds is 3. The van der Waals surface area contributed by atoms with E-state index in [1.807, 2.05) is 19.1 Å². The fourth-order valence-corrected chi connectivity index (χ4v) is 1.71. The van der Waals surface area contributed by atoms with Crippen LogP contribution in [0, 0.1) is 0 Å². The summed E-state index contributed by atoms with van der Waals surface area (Å²) in [7, 11) is -4.69. The SMILES string of the molecule is C/C=C/c1ccc(C(F)P(=O)(O)O)cc1. The summed E-state index contributed by atoms with van der Waals surface area (Å²) in [4.78, 5) is 17.3. The van der Waals surface area contributed by atoms with Crippen molar-refractivity contribution in [2.24, 2.45) is 0 Å². The minimum Gasteiger partial charge on any atom is -0.322 e. The third-order valence-corrected chi connectivity index (χ3v) is 2.75. The number of allylic oxidation sites excluding steroid dienone is 1. The maximum atomic E-state index is 13.2. The zero-order valence-electron chi connectivity index (χ0n) is 8.17. The summed E-state index contributed by atoms with van der Waals surface area (Å²) < 4.78 is 23.8. The Bertz CT molecular complexity index is 394. The first-order chi connectivity index (χ1) is 6.95. The first kappa shape index (κ1) is 12.1. The molecule has 0 aliphatic carbocycles. The Kier molecular flexibility index (Phi) is 3.80. The molecule has 0 aliphatic rings. The van der Waals surface area contributed by atoms with Crippen LogP contribution >= 0.6 is 7.60 Å². The Morgan fingerprint density at radius 2 is 1.87 bits per heavy atom. The molecule has 3 nitrogen and oxygen atoms in total. The monoisotopic (exact) mass is 230 g/mol. The lowest BCUT2D eigenvalue weighted by Crippen LogP contribution is -1.92. The van der Waals surface area contributed by atoms with Gasteiger partial charge >= 0.3 is 7.60 Å². The van der Waals surface area contributed by atoms with Crippen LogP contribution in [-0.4, -0.2) is 9.79 Å². The van der Waals surface area contributed by atoms with Gasteiger partial charge < -0.3 is 9.79 Å². The van der Waals surface area contributed by atoms with E-state index in [9.17, 15) is 8.96 Å². The van der Waals surface area contributed by atoms with Crippen molar-refractivity contribution in [3.05, 3.63) is 41.5 Å². The van der Waals surface area contributed by atoms with Crippen molar-refractivity contribution in [1.82, 2.24) is 0 Å². The van der Waals surface area contributed by atoms with Crippen LogP contribution in [0.15, 0.2) is 30.3 Å². The second-order valence-corrected chi connectivity index (χ2v) is 4.72. The minimum atomic E-state index is -4.69. The average Bonchev–Trinajstić information content (AvgIpc) is 2.17. The van der Waals surface area contributed by atoms with E-state index >= 15 is 0 Å². The van der Waals surface area contributed by atoms with Gasteiger partial charge in [0.15, 0.2) is 0 Å². The highest BCUT2D eigenvalue weighted by Gasteiger charge is 2.29. The van der Waals surface area contributed by atoms with E-state index in [0.29, 0.717) is 0 Å². The molecule has 0 saturated carbocycles. The lowest BCUT2D eigenvalue weighted by atomic mass is 10.1. The van der Waals surface area contributed by atoms with Gasteiger partial charge in [0.05, 0.1) is 0 Å². The summed E-state index contributed by atoms with van der Waals surface area (Å²) in [6, 6.07) is 5.97. The fourth-order valence-electron chi connectivity index (χ4n) is 1.15. The number of benzene rings is 1. The summed E-state index contributed by atoms with van der Waals surface area (Å²) in [5, 5.41) is 0.